The molecule has 0 atom stereocenters. The number of primary amides is 1. The van der Waals surface area contributed by atoms with E-state index >= 15 is 0 Å². The average Bonchev–Trinajstić information content (AvgIpc) is 2.38. The predicted octanol–water partition coefficient (Wildman–Crippen LogP) is 3.51. The van der Waals surface area contributed by atoms with Crippen LogP contribution in [0.3, 0.4) is 0 Å². The van der Waals surface area contributed by atoms with E-state index in [1.54, 1.807) is 24.3 Å². The summed E-state index contributed by atoms with van der Waals surface area (Å²) < 4.78 is 0. The number of azo groups is 1. The summed E-state index contributed by atoms with van der Waals surface area (Å²) in [6.45, 7) is 2.00. The molecule has 2 N–H and O–H groups in total. The van der Waals surface area contributed by atoms with Crippen molar-refractivity contribution in [2.45, 2.75) is 6.92 Å². The minimum Gasteiger partial charge on any atom is -0.366 e. The van der Waals surface area contributed by atoms with E-state index in [-0.39, 0.29) is 0 Å². The number of rotatable bonds is 3. The molecule has 0 saturated carbocycles. The van der Waals surface area contributed by atoms with Crippen LogP contribution in [0.5, 0.6) is 0 Å². The first-order valence-electron chi connectivity index (χ1n) is 5.54. The van der Waals surface area contributed by atoms with Crippen LogP contribution >= 0.6 is 0 Å². The Morgan fingerprint density at radius 2 is 1.67 bits per heavy atom. The number of hydrogen-bond donors (Lipinski definition) is 1. The van der Waals surface area contributed by atoms with E-state index < -0.39 is 5.91 Å². The third-order valence-electron chi connectivity index (χ3n) is 2.48. The second-order valence-electron chi connectivity index (χ2n) is 3.92. The number of nitrogens with zero attached hydrogens (tertiary/aromatic N) is 2. The van der Waals surface area contributed by atoms with E-state index in [0.717, 1.165) is 11.3 Å². The van der Waals surface area contributed by atoms with E-state index in [1.165, 1.54) is 0 Å². The summed E-state index contributed by atoms with van der Waals surface area (Å²) in [4.78, 5) is 11.2. The third kappa shape index (κ3) is 2.79. The van der Waals surface area contributed by atoms with Crippen LogP contribution in [0.25, 0.3) is 0 Å². The van der Waals surface area contributed by atoms with Crippen LogP contribution in [0.15, 0.2) is 58.8 Å². The van der Waals surface area contributed by atoms with Gasteiger partial charge in [-0.2, -0.15) is 5.11 Å². The van der Waals surface area contributed by atoms with Crippen molar-refractivity contribution in [3.05, 3.63) is 59.7 Å². The van der Waals surface area contributed by atoms with Crippen molar-refractivity contribution < 1.29 is 4.79 Å². The van der Waals surface area contributed by atoms with Crippen LogP contribution in [-0.2, 0) is 0 Å². The Hall–Kier alpha value is -2.49. The fraction of sp³-hybridized carbons (Fsp3) is 0.0714. The number of carbonyl (C=O) groups is 1. The van der Waals surface area contributed by atoms with Crippen molar-refractivity contribution in [2.24, 2.45) is 16.0 Å². The summed E-state index contributed by atoms with van der Waals surface area (Å²) in [5.41, 5.74) is 8.00. The molecule has 0 aliphatic rings. The van der Waals surface area contributed by atoms with Gasteiger partial charge in [-0.3, -0.25) is 4.79 Å². The number of aryl methyl sites for hydroxylation is 1. The zero-order valence-electron chi connectivity index (χ0n) is 10.00. The molecule has 4 heteroatoms. The highest BCUT2D eigenvalue weighted by Crippen LogP contribution is 2.21. The summed E-state index contributed by atoms with van der Waals surface area (Å²) in [5, 5.41) is 8.13. The van der Waals surface area contributed by atoms with Gasteiger partial charge in [0.05, 0.1) is 16.9 Å². The molecule has 90 valence electrons. The quantitative estimate of drug-likeness (QED) is 0.818. The average molecular weight is 239 g/mol. The number of amides is 1. The molecule has 0 bridgehead atoms. The molecular formula is C14H13N3O. The minimum absolute atomic E-state index is 0.369. The summed E-state index contributed by atoms with van der Waals surface area (Å²) in [7, 11) is 0. The highest BCUT2D eigenvalue weighted by atomic mass is 16.1. The predicted molar refractivity (Wildman–Crippen MR) is 70.3 cm³/mol. The van der Waals surface area contributed by atoms with Gasteiger partial charge in [0.2, 0.25) is 0 Å². The Kier molecular flexibility index (Phi) is 3.48. The molecule has 2 aromatic rings. The molecule has 0 aromatic heterocycles. The Morgan fingerprint density at radius 1 is 1.00 bits per heavy atom. The summed E-state index contributed by atoms with van der Waals surface area (Å²) >= 11 is 0. The van der Waals surface area contributed by atoms with E-state index in [1.807, 2.05) is 31.2 Å². The van der Waals surface area contributed by atoms with Gasteiger partial charge in [-0.25, -0.2) is 0 Å². The van der Waals surface area contributed by atoms with Crippen molar-refractivity contribution in [1.29, 1.82) is 0 Å². The third-order valence-corrected chi connectivity index (χ3v) is 2.48. The molecule has 1 amide bonds. The molecule has 0 heterocycles. The fourth-order valence-electron chi connectivity index (χ4n) is 1.49. The Labute approximate surface area is 105 Å². The normalized spacial score (nSPS) is 10.7. The first kappa shape index (κ1) is 12.0. The van der Waals surface area contributed by atoms with Crippen LogP contribution in [0.4, 0.5) is 11.4 Å². The maximum absolute atomic E-state index is 11.2. The van der Waals surface area contributed by atoms with Crippen LogP contribution in [0.1, 0.15) is 15.9 Å². The van der Waals surface area contributed by atoms with Gasteiger partial charge in [0.15, 0.2) is 0 Å². The number of hydrogen-bond acceptors (Lipinski definition) is 3. The lowest BCUT2D eigenvalue weighted by Gasteiger charge is -1.99. The fourth-order valence-corrected chi connectivity index (χ4v) is 1.49. The minimum atomic E-state index is -0.506. The van der Waals surface area contributed by atoms with E-state index in [4.69, 9.17) is 5.73 Å². The van der Waals surface area contributed by atoms with Gasteiger partial charge in [-0.15, -0.1) is 5.11 Å². The van der Waals surface area contributed by atoms with Gasteiger partial charge in [-0.1, -0.05) is 29.8 Å². The SMILES string of the molecule is Cc1ccc(N=Nc2ccccc2C(N)=O)cc1. The molecule has 2 aromatic carbocycles. The topological polar surface area (TPSA) is 67.8 Å². The molecule has 0 saturated heterocycles. The lowest BCUT2D eigenvalue weighted by atomic mass is 10.2. The maximum atomic E-state index is 11.2. The number of carbonyl (C=O) groups excluding carboxylic acids is 1. The molecule has 4 nitrogen and oxygen atoms in total. The molecule has 0 aliphatic heterocycles. The molecule has 0 radical (unpaired) electrons. The van der Waals surface area contributed by atoms with Crippen molar-refractivity contribution in [3.63, 3.8) is 0 Å². The Balaban J connectivity index is 2.29. The summed E-state index contributed by atoms with van der Waals surface area (Å²) in [5.74, 6) is -0.506. The lowest BCUT2D eigenvalue weighted by Crippen LogP contribution is -2.10. The van der Waals surface area contributed by atoms with Gasteiger partial charge in [0.1, 0.15) is 0 Å². The highest BCUT2D eigenvalue weighted by Gasteiger charge is 2.05. The van der Waals surface area contributed by atoms with Gasteiger partial charge in [0, 0.05) is 0 Å². The van der Waals surface area contributed by atoms with E-state index in [9.17, 15) is 4.79 Å². The van der Waals surface area contributed by atoms with Crippen molar-refractivity contribution >= 4 is 17.3 Å². The standard InChI is InChI=1S/C14H13N3O/c1-10-6-8-11(9-7-10)16-17-13-5-3-2-4-12(13)14(15)18/h2-9H,1H3,(H2,15,18). The first-order valence-corrected chi connectivity index (χ1v) is 5.54. The smallest absolute Gasteiger partial charge is 0.250 e. The largest absolute Gasteiger partial charge is 0.366 e. The van der Waals surface area contributed by atoms with Crippen LogP contribution in [-0.4, -0.2) is 5.91 Å². The van der Waals surface area contributed by atoms with Gasteiger partial charge in [0.25, 0.3) is 5.91 Å². The highest BCUT2D eigenvalue weighted by molar-refractivity contribution is 5.97. The Morgan fingerprint density at radius 3 is 2.33 bits per heavy atom. The lowest BCUT2D eigenvalue weighted by molar-refractivity contribution is 0.100. The van der Waals surface area contributed by atoms with Crippen molar-refractivity contribution in [2.75, 3.05) is 0 Å². The zero-order chi connectivity index (χ0) is 13.0. The van der Waals surface area contributed by atoms with Crippen LogP contribution < -0.4 is 5.73 Å². The van der Waals surface area contributed by atoms with E-state index in [2.05, 4.69) is 10.2 Å². The maximum Gasteiger partial charge on any atom is 0.250 e. The molecular weight excluding hydrogens is 226 g/mol. The summed E-state index contributed by atoms with van der Waals surface area (Å²) in [6.07, 6.45) is 0. The second kappa shape index (κ2) is 5.23. The van der Waals surface area contributed by atoms with Gasteiger partial charge in [-0.05, 0) is 31.2 Å². The number of benzene rings is 2. The first-order chi connectivity index (χ1) is 8.66. The zero-order valence-corrected chi connectivity index (χ0v) is 10.00. The van der Waals surface area contributed by atoms with Gasteiger partial charge < -0.3 is 5.73 Å². The van der Waals surface area contributed by atoms with Crippen molar-refractivity contribution in [1.82, 2.24) is 0 Å². The monoisotopic (exact) mass is 239 g/mol. The molecule has 0 unspecified atom stereocenters. The molecule has 0 spiro atoms. The Bertz CT molecular complexity index is 588. The van der Waals surface area contributed by atoms with Crippen LogP contribution in [0.2, 0.25) is 0 Å². The summed E-state index contributed by atoms with van der Waals surface area (Å²) in [6, 6.07) is 14.5. The molecule has 18 heavy (non-hydrogen) atoms. The molecule has 2 rings (SSSR count). The molecule has 0 aliphatic carbocycles. The van der Waals surface area contributed by atoms with Crippen molar-refractivity contribution in [3.8, 4) is 0 Å². The molecule has 0 fully saturated rings. The number of nitrogens with two attached hydrogens (primary N) is 1. The van der Waals surface area contributed by atoms with Gasteiger partial charge >= 0.3 is 0 Å². The second-order valence-corrected chi connectivity index (χ2v) is 3.92. The van der Waals surface area contributed by atoms with Crippen LogP contribution in [0, 0.1) is 6.92 Å². The van der Waals surface area contributed by atoms with E-state index in [0.29, 0.717) is 11.3 Å².